The van der Waals surface area contributed by atoms with Gasteiger partial charge in [-0.1, -0.05) is 29.3 Å². The molecule has 80 valence electrons. The van der Waals surface area contributed by atoms with Crippen molar-refractivity contribution in [2.75, 3.05) is 14.1 Å². The smallest absolute Gasteiger partial charge is 0.0641 e. The average molecular weight is 243 g/mol. The van der Waals surface area contributed by atoms with Crippen molar-refractivity contribution in [3.05, 3.63) is 33.8 Å². The van der Waals surface area contributed by atoms with Crippen molar-refractivity contribution < 1.29 is 0 Å². The summed E-state index contributed by atoms with van der Waals surface area (Å²) in [5.74, 6) is 0. The van der Waals surface area contributed by atoms with Crippen LogP contribution in [0.5, 0.6) is 0 Å². The van der Waals surface area contributed by atoms with Gasteiger partial charge in [0.2, 0.25) is 0 Å². The van der Waals surface area contributed by atoms with E-state index in [1.807, 2.05) is 31.1 Å². The summed E-state index contributed by atoms with van der Waals surface area (Å²) in [6.07, 6.45) is 0.435. The Labute approximate surface area is 100 Å². The van der Waals surface area contributed by atoms with E-state index in [4.69, 9.17) is 28.5 Å². The summed E-state index contributed by atoms with van der Waals surface area (Å²) in [5.41, 5.74) is 1.01. The monoisotopic (exact) mass is 242 g/mol. The van der Waals surface area contributed by atoms with E-state index in [1.165, 1.54) is 0 Å². The number of benzene rings is 1. The predicted molar refractivity (Wildman–Crippen MR) is 63.1 cm³/mol. The lowest BCUT2D eigenvalue weighted by molar-refractivity contribution is 0.303. The molecular weight excluding hydrogens is 231 g/mol. The van der Waals surface area contributed by atoms with Crippen LogP contribution in [0.1, 0.15) is 18.0 Å². The number of hydrogen-bond donors (Lipinski definition) is 0. The van der Waals surface area contributed by atoms with Crippen molar-refractivity contribution >= 4 is 23.2 Å². The van der Waals surface area contributed by atoms with Crippen LogP contribution in [0.2, 0.25) is 10.0 Å². The first-order chi connectivity index (χ1) is 7.06. The molecule has 1 aromatic carbocycles. The summed E-state index contributed by atoms with van der Waals surface area (Å²) in [6.45, 7) is 0. The molecule has 1 atom stereocenters. The van der Waals surface area contributed by atoms with Crippen LogP contribution in [-0.2, 0) is 0 Å². The van der Waals surface area contributed by atoms with Gasteiger partial charge >= 0.3 is 0 Å². The highest BCUT2D eigenvalue weighted by Gasteiger charge is 2.14. The molecule has 0 bridgehead atoms. The Morgan fingerprint density at radius 2 is 2.00 bits per heavy atom. The van der Waals surface area contributed by atoms with E-state index in [9.17, 15) is 0 Å². The van der Waals surface area contributed by atoms with E-state index in [-0.39, 0.29) is 6.04 Å². The normalized spacial score (nSPS) is 12.5. The fraction of sp³-hybridized carbons (Fsp3) is 0.364. The number of nitriles is 1. The summed E-state index contributed by atoms with van der Waals surface area (Å²) in [6, 6.07) is 7.69. The molecule has 1 rings (SSSR count). The molecule has 0 aliphatic heterocycles. The highest BCUT2D eigenvalue weighted by Crippen LogP contribution is 2.28. The second kappa shape index (κ2) is 5.37. The standard InChI is InChI=1S/C11H12Cl2N2/c1-15(2)11(5-6-14)8-3-4-9(12)10(13)7-8/h3-4,7,11H,5H2,1-2H3. The Morgan fingerprint density at radius 3 is 2.47 bits per heavy atom. The van der Waals surface area contributed by atoms with Crippen molar-refractivity contribution in [2.24, 2.45) is 0 Å². The molecule has 0 aromatic heterocycles. The van der Waals surface area contributed by atoms with Crippen molar-refractivity contribution in [3.63, 3.8) is 0 Å². The zero-order chi connectivity index (χ0) is 11.4. The molecule has 4 heteroatoms. The predicted octanol–water partition coefficient (Wildman–Crippen LogP) is 3.51. The third-order valence-corrected chi connectivity index (χ3v) is 2.98. The summed E-state index contributed by atoms with van der Waals surface area (Å²) in [4.78, 5) is 1.99. The Balaban J connectivity index is 3.02. The molecular formula is C11H12Cl2N2. The average Bonchev–Trinajstić information content (AvgIpc) is 2.18. The van der Waals surface area contributed by atoms with Gasteiger partial charge in [-0.3, -0.25) is 0 Å². The molecule has 0 saturated heterocycles. The molecule has 0 aliphatic carbocycles. The van der Waals surface area contributed by atoms with Gasteiger partial charge in [0, 0.05) is 6.04 Å². The molecule has 0 radical (unpaired) electrons. The molecule has 2 nitrogen and oxygen atoms in total. The molecule has 0 amide bonds. The maximum Gasteiger partial charge on any atom is 0.0641 e. The van der Waals surface area contributed by atoms with Crippen LogP contribution in [0.3, 0.4) is 0 Å². The lowest BCUT2D eigenvalue weighted by Gasteiger charge is -2.22. The highest BCUT2D eigenvalue weighted by atomic mass is 35.5. The fourth-order valence-electron chi connectivity index (χ4n) is 1.40. The van der Waals surface area contributed by atoms with Crippen molar-refractivity contribution in [1.82, 2.24) is 4.90 Å². The third kappa shape index (κ3) is 3.10. The van der Waals surface area contributed by atoms with Crippen LogP contribution in [-0.4, -0.2) is 19.0 Å². The van der Waals surface area contributed by atoms with Gasteiger partial charge in [0.1, 0.15) is 0 Å². The minimum absolute atomic E-state index is 0.0600. The molecule has 0 N–H and O–H groups in total. The lowest BCUT2D eigenvalue weighted by atomic mass is 10.0. The summed E-state index contributed by atoms with van der Waals surface area (Å²) >= 11 is 11.8. The second-order valence-electron chi connectivity index (χ2n) is 3.52. The molecule has 0 fully saturated rings. The first-order valence-electron chi connectivity index (χ1n) is 4.54. The number of halogens is 2. The Hall–Kier alpha value is -0.750. The van der Waals surface area contributed by atoms with Crippen LogP contribution in [0.15, 0.2) is 18.2 Å². The molecule has 1 aromatic rings. The van der Waals surface area contributed by atoms with Crippen molar-refractivity contribution in [3.8, 4) is 6.07 Å². The SMILES string of the molecule is CN(C)C(CC#N)c1ccc(Cl)c(Cl)c1. The van der Waals surface area contributed by atoms with E-state index in [0.29, 0.717) is 16.5 Å². The maximum absolute atomic E-state index is 8.74. The largest absolute Gasteiger partial charge is 0.301 e. The van der Waals surface area contributed by atoms with E-state index >= 15 is 0 Å². The van der Waals surface area contributed by atoms with Crippen molar-refractivity contribution in [1.29, 1.82) is 5.26 Å². The summed E-state index contributed by atoms with van der Waals surface area (Å²) < 4.78 is 0. The maximum atomic E-state index is 8.74. The molecule has 0 spiro atoms. The van der Waals surface area contributed by atoms with Gasteiger partial charge in [-0.2, -0.15) is 5.26 Å². The minimum Gasteiger partial charge on any atom is -0.301 e. The number of nitrogens with zero attached hydrogens (tertiary/aromatic N) is 2. The molecule has 15 heavy (non-hydrogen) atoms. The minimum atomic E-state index is 0.0600. The molecule has 1 unspecified atom stereocenters. The van der Waals surface area contributed by atoms with E-state index < -0.39 is 0 Å². The van der Waals surface area contributed by atoms with Gasteiger partial charge < -0.3 is 4.90 Å². The zero-order valence-corrected chi connectivity index (χ0v) is 10.2. The highest BCUT2D eigenvalue weighted by molar-refractivity contribution is 6.42. The van der Waals surface area contributed by atoms with Gasteiger partial charge in [0.15, 0.2) is 0 Å². The Kier molecular flexibility index (Phi) is 4.41. The number of rotatable bonds is 3. The topological polar surface area (TPSA) is 27.0 Å². The van der Waals surface area contributed by atoms with Gasteiger partial charge in [-0.25, -0.2) is 0 Å². The second-order valence-corrected chi connectivity index (χ2v) is 4.33. The van der Waals surface area contributed by atoms with Gasteiger partial charge in [-0.05, 0) is 31.8 Å². The van der Waals surface area contributed by atoms with Crippen LogP contribution >= 0.6 is 23.2 Å². The van der Waals surface area contributed by atoms with Crippen molar-refractivity contribution in [2.45, 2.75) is 12.5 Å². The zero-order valence-electron chi connectivity index (χ0n) is 8.67. The first kappa shape index (κ1) is 12.3. The Morgan fingerprint density at radius 1 is 1.33 bits per heavy atom. The van der Waals surface area contributed by atoms with Crippen LogP contribution in [0, 0.1) is 11.3 Å². The molecule has 0 saturated carbocycles. The number of hydrogen-bond acceptors (Lipinski definition) is 2. The molecule has 0 aliphatic rings. The van der Waals surface area contributed by atoms with Gasteiger partial charge in [0.25, 0.3) is 0 Å². The van der Waals surface area contributed by atoms with Crippen LogP contribution in [0.25, 0.3) is 0 Å². The molecule has 0 heterocycles. The van der Waals surface area contributed by atoms with Crippen LogP contribution in [0.4, 0.5) is 0 Å². The van der Waals surface area contributed by atoms with Gasteiger partial charge in [-0.15, -0.1) is 0 Å². The van der Waals surface area contributed by atoms with E-state index in [2.05, 4.69) is 6.07 Å². The lowest BCUT2D eigenvalue weighted by Crippen LogP contribution is -2.19. The van der Waals surface area contributed by atoms with Gasteiger partial charge in [0.05, 0.1) is 22.5 Å². The quantitative estimate of drug-likeness (QED) is 0.812. The summed E-state index contributed by atoms with van der Waals surface area (Å²) in [5, 5.41) is 9.80. The Bertz CT molecular complexity index is 383. The first-order valence-corrected chi connectivity index (χ1v) is 5.30. The van der Waals surface area contributed by atoms with E-state index in [0.717, 1.165) is 5.56 Å². The fourth-order valence-corrected chi connectivity index (χ4v) is 1.71. The summed E-state index contributed by atoms with van der Waals surface area (Å²) in [7, 11) is 3.87. The third-order valence-electron chi connectivity index (χ3n) is 2.24. The van der Waals surface area contributed by atoms with Crippen LogP contribution < -0.4 is 0 Å². The van der Waals surface area contributed by atoms with E-state index in [1.54, 1.807) is 6.07 Å².